The van der Waals surface area contributed by atoms with Crippen LogP contribution >= 0.6 is 15.9 Å². The topological polar surface area (TPSA) is 188 Å². The SMILES string of the molecule is Cc1nnc(NC(=O)c2c(F)cc(Br)c(N)c2C)o1.Cc1nnc(NC(=O)c2c(F)ccc(N)c2C)o1. The van der Waals surface area contributed by atoms with Gasteiger partial charge in [-0.2, -0.15) is 0 Å². The molecule has 12 nitrogen and oxygen atoms in total. The second-order valence-corrected chi connectivity index (χ2v) is 8.41. The summed E-state index contributed by atoms with van der Waals surface area (Å²) in [4.78, 5) is 23.9. The second kappa shape index (κ2) is 11.1. The predicted octanol–water partition coefficient (Wildman–Crippen LogP) is 4.08. The van der Waals surface area contributed by atoms with Crippen molar-refractivity contribution in [2.75, 3.05) is 22.1 Å². The maximum Gasteiger partial charge on any atom is 0.322 e. The number of aromatic nitrogens is 4. The van der Waals surface area contributed by atoms with Gasteiger partial charge in [0.2, 0.25) is 11.8 Å². The van der Waals surface area contributed by atoms with Crippen LogP contribution in [0.3, 0.4) is 0 Å². The van der Waals surface area contributed by atoms with Crippen molar-refractivity contribution in [3.8, 4) is 0 Å². The number of rotatable bonds is 4. The Morgan fingerprint density at radius 3 is 1.76 bits per heavy atom. The highest BCUT2D eigenvalue weighted by Gasteiger charge is 2.21. The number of nitrogen functional groups attached to an aromatic ring is 2. The fraction of sp³-hybridized carbons (Fsp3) is 0.182. The molecule has 2 heterocycles. The Kier molecular flexibility index (Phi) is 8.17. The molecule has 4 rings (SSSR count). The molecule has 0 aliphatic heterocycles. The van der Waals surface area contributed by atoms with Crippen molar-refractivity contribution in [2.45, 2.75) is 27.7 Å². The molecule has 2 amide bonds. The summed E-state index contributed by atoms with van der Waals surface area (Å²) < 4.78 is 37.8. The molecule has 0 aliphatic carbocycles. The average molecular weight is 579 g/mol. The number of anilines is 4. The van der Waals surface area contributed by atoms with Gasteiger partial charge in [0.15, 0.2) is 0 Å². The van der Waals surface area contributed by atoms with Gasteiger partial charge >= 0.3 is 12.0 Å². The van der Waals surface area contributed by atoms with E-state index in [9.17, 15) is 18.4 Å². The summed E-state index contributed by atoms with van der Waals surface area (Å²) in [5.41, 5.74) is 12.4. The molecular formula is C22H21BrF2N8O4. The summed E-state index contributed by atoms with van der Waals surface area (Å²) in [6.45, 7) is 6.27. The van der Waals surface area contributed by atoms with Crippen LogP contribution in [0.25, 0.3) is 0 Å². The predicted molar refractivity (Wildman–Crippen MR) is 133 cm³/mol. The lowest BCUT2D eigenvalue weighted by atomic mass is 10.1. The molecule has 194 valence electrons. The molecule has 0 saturated heterocycles. The average Bonchev–Trinajstić information content (AvgIpc) is 3.42. The van der Waals surface area contributed by atoms with Gasteiger partial charge in [0.1, 0.15) is 11.6 Å². The number of aryl methyl sites for hydroxylation is 2. The van der Waals surface area contributed by atoms with Crippen LogP contribution in [0.15, 0.2) is 31.5 Å². The van der Waals surface area contributed by atoms with E-state index in [1.54, 1.807) is 27.7 Å². The molecule has 37 heavy (non-hydrogen) atoms. The van der Waals surface area contributed by atoms with Crippen molar-refractivity contribution in [2.24, 2.45) is 0 Å². The third-order valence-electron chi connectivity index (χ3n) is 4.93. The Morgan fingerprint density at radius 2 is 1.30 bits per heavy atom. The largest absolute Gasteiger partial charge is 0.408 e. The van der Waals surface area contributed by atoms with E-state index in [4.69, 9.17) is 20.3 Å². The molecule has 0 spiro atoms. The van der Waals surface area contributed by atoms with Crippen LogP contribution in [0.1, 0.15) is 43.6 Å². The number of benzene rings is 2. The van der Waals surface area contributed by atoms with Gasteiger partial charge in [0.05, 0.1) is 11.1 Å². The van der Waals surface area contributed by atoms with E-state index in [2.05, 4.69) is 47.0 Å². The van der Waals surface area contributed by atoms with Gasteiger partial charge in [-0.15, -0.1) is 10.2 Å². The van der Waals surface area contributed by atoms with Crippen LogP contribution in [0.5, 0.6) is 0 Å². The van der Waals surface area contributed by atoms with Crippen LogP contribution in [0, 0.1) is 39.3 Å². The number of amides is 2. The molecule has 0 saturated carbocycles. The zero-order chi connectivity index (χ0) is 27.4. The lowest BCUT2D eigenvalue weighted by molar-refractivity contribution is 0.101. The van der Waals surface area contributed by atoms with Crippen LogP contribution < -0.4 is 22.1 Å². The fourth-order valence-corrected chi connectivity index (χ4v) is 3.52. The molecular weight excluding hydrogens is 558 g/mol. The maximum absolute atomic E-state index is 13.8. The molecule has 0 bridgehead atoms. The fourth-order valence-electron chi connectivity index (χ4n) is 3.02. The Morgan fingerprint density at radius 1 is 0.811 bits per heavy atom. The summed E-state index contributed by atoms with van der Waals surface area (Å²) in [6.07, 6.45) is 0. The molecule has 0 unspecified atom stereocenters. The van der Waals surface area contributed by atoms with E-state index in [1.165, 1.54) is 6.07 Å². The summed E-state index contributed by atoms with van der Waals surface area (Å²) >= 11 is 3.11. The number of nitrogens with one attached hydrogen (secondary N) is 2. The summed E-state index contributed by atoms with van der Waals surface area (Å²) in [5.74, 6) is -2.13. The van der Waals surface area contributed by atoms with Gasteiger partial charge < -0.3 is 20.3 Å². The van der Waals surface area contributed by atoms with Gasteiger partial charge in [-0.3, -0.25) is 20.2 Å². The van der Waals surface area contributed by atoms with Crippen LogP contribution in [0.4, 0.5) is 32.2 Å². The van der Waals surface area contributed by atoms with Crippen LogP contribution in [-0.2, 0) is 0 Å². The van der Waals surface area contributed by atoms with Crippen molar-refractivity contribution < 1.29 is 27.2 Å². The summed E-state index contributed by atoms with van der Waals surface area (Å²) in [6, 6.07) is 3.49. The van der Waals surface area contributed by atoms with Crippen molar-refractivity contribution in [1.29, 1.82) is 0 Å². The van der Waals surface area contributed by atoms with Crippen molar-refractivity contribution in [1.82, 2.24) is 20.4 Å². The smallest absolute Gasteiger partial charge is 0.322 e. The van der Waals surface area contributed by atoms with E-state index in [-0.39, 0.29) is 23.2 Å². The van der Waals surface area contributed by atoms with E-state index in [1.807, 2.05) is 0 Å². The first-order valence-electron chi connectivity index (χ1n) is 10.4. The lowest BCUT2D eigenvalue weighted by Gasteiger charge is -2.10. The third-order valence-corrected chi connectivity index (χ3v) is 5.59. The molecule has 6 N–H and O–H groups in total. The minimum Gasteiger partial charge on any atom is -0.408 e. The number of carbonyl (C=O) groups is 2. The first-order chi connectivity index (χ1) is 17.4. The van der Waals surface area contributed by atoms with E-state index in [0.29, 0.717) is 38.8 Å². The highest BCUT2D eigenvalue weighted by atomic mass is 79.9. The molecule has 0 fully saturated rings. The monoisotopic (exact) mass is 578 g/mol. The highest BCUT2D eigenvalue weighted by molar-refractivity contribution is 9.10. The first kappa shape index (κ1) is 27.2. The summed E-state index contributed by atoms with van der Waals surface area (Å²) in [7, 11) is 0. The highest BCUT2D eigenvalue weighted by Crippen LogP contribution is 2.29. The number of carbonyl (C=O) groups excluding carboxylic acids is 2. The normalized spacial score (nSPS) is 10.5. The number of halogens is 3. The van der Waals surface area contributed by atoms with Crippen molar-refractivity contribution in [3.05, 3.63) is 68.3 Å². The molecule has 2 aromatic carbocycles. The molecule has 15 heteroatoms. The van der Waals surface area contributed by atoms with E-state index in [0.717, 1.165) is 12.1 Å². The van der Waals surface area contributed by atoms with Gasteiger partial charge in [-0.25, -0.2) is 8.78 Å². The van der Waals surface area contributed by atoms with Gasteiger partial charge in [-0.05, 0) is 59.1 Å². The van der Waals surface area contributed by atoms with Crippen LogP contribution in [0.2, 0.25) is 0 Å². The lowest BCUT2D eigenvalue weighted by Crippen LogP contribution is -2.17. The molecule has 0 radical (unpaired) electrons. The van der Waals surface area contributed by atoms with Gasteiger partial charge in [0, 0.05) is 29.7 Å². The van der Waals surface area contributed by atoms with E-state index >= 15 is 0 Å². The second-order valence-electron chi connectivity index (χ2n) is 7.55. The molecule has 2 aromatic heterocycles. The minimum absolute atomic E-state index is 0.0845. The third kappa shape index (κ3) is 6.24. The van der Waals surface area contributed by atoms with Crippen molar-refractivity contribution >= 4 is 51.1 Å². The number of nitrogens with zero attached hydrogens (tertiary/aromatic N) is 4. The Bertz CT molecular complexity index is 1490. The van der Waals surface area contributed by atoms with Gasteiger partial charge in [-0.1, -0.05) is 10.2 Å². The molecule has 4 aromatic rings. The maximum atomic E-state index is 13.8. The zero-order valence-electron chi connectivity index (χ0n) is 19.9. The standard InChI is InChI=1S/C11H10BrFN4O2.C11H11FN4O2/c1-4-8(7(13)3-6(12)9(4)14)10(18)15-11-17-16-5(2)19-11;1-5-8(13)4-3-7(12)9(5)10(17)14-11-16-15-6(2)18-11/h3H,14H2,1-2H3,(H,15,17,18);3-4H,13H2,1-2H3,(H,14,16,17). The Balaban J connectivity index is 0.000000206. The van der Waals surface area contributed by atoms with Crippen molar-refractivity contribution in [3.63, 3.8) is 0 Å². The molecule has 0 atom stereocenters. The van der Waals surface area contributed by atoms with Gasteiger partial charge in [0.25, 0.3) is 11.8 Å². The van der Waals surface area contributed by atoms with E-state index < -0.39 is 23.4 Å². The Hall–Kier alpha value is -4.40. The minimum atomic E-state index is -0.696. The Labute approximate surface area is 217 Å². The first-order valence-corrected chi connectivity index (χ1v) is 11.2. The quantitative estimate of drug-likeness (QED) is 0.257. The summed E-state index contributed by atoms with van der Waals surface area (Å²) in [5, 5.41) is 18.9. The number of nitrogens with two attached hydrogens (primary N) is 2. The number of hydrogen-bond donors (Lipinski definition) is 4. The zero-order valence-corrected chi connectivity index (χ0v) is 21.5. The molecule has 0 aliphatic rings. The van der Waals surface area contributed by atoms with Crippen LogP contribution in [-0.4, -0.2) is 32.2 Å². The number of hydrogen-bond acceptors (Lipinski definition) is 10.